The van der Waals surface area contributed by atoms with Crippen LogP contribution in [0.3, 0.4) is 0 Å². The summed E-state index contributed by atoms with van der Waals surface area (Å²) in [4.78, 5) is 23.5. The molecule has 0 spiro atoms. The van der Waals surface area contributed by atoms with Gasteiger partial charge in [-0.3, -0.25) is 4.79 Å². The Morgan fingerprint density at radius 1 is 1.20 bits per heavy atom. The molecule has 1 atom stereocenters. The van der Waals surface area contributed by atoms with Crippen LogP contribution in [0.4, 0.5) is 4.39 Å². The van der Waals surface area contributed by atoms with Gasteiger partial charge < -0.3 is 10.1 Å². The number of halogens is 2. The van der Waals surface area contributed by atoms with E-state index in [1.165, 1.54) is 36.4 Å². The number of carbonyl (C=O) groups excluding carboxylic acids is 2. The van der Waals surface area contributed by atoms with Crippen molar-refractivity contribution in [2.45, 2.75) is 13.0 Å². The molecule has 0 unspecified atom stereocenters. The molecule has 0 radical (unpaired) electrons. The molecule has 130 valence electrons. The maximum atomic E-state index is 12.8. The molecule has 0 fully saturated rings. The van der Waals surface area contributed by atoms with E-state index in [1.807, 2.05) is 31.2 Å². The van der Waals surface area contributed by atoms with Crippen molar-refractivity contribution in [1.82, 2.24) is 5.32 Å². The normalized spacial score (nSPS) is 12.0. The molecule has 0 saturated carbocycles. The molecule has 0 heterocycles. The largest absolute Gasteiger partial charge is 0.452 e. The van der Waals surface area contributed by atoms with Gasteiger partial charge in [-0.05, 0) is 42.3 Å². The minimum absolute atomic E-state index is 0.225. The van der Waals surface area contributed by atoms with Gasteiger partial charge in [0.05, 0.1) is 6.04 Å². The number of carbonyl (C=O) groups is 2. The van der Waals surface area contributed by atoms with Gasteiger partial charge in [0.25, 0.3) is 5.91 Å². The molecule has 0 bridgehead atoms. The Kier molecular flexibility index (Phi) is 6.89. The summed E-state index contributed by atoms with van der Waals surface area (Å²) in [5, 5.41) is 2.76. The van der Waals surface area contributed by atoms with E-state index in [-0.39, 0.29) is 18.5 Å². The molecule has 25 heavy (non-hydrogen) atoms. The van der Waals surface area contributed by atoms with E-state index in [0.29, 0.717) is 5.56 Å². The Labute approximate surface area is 153 Å². The molecule has 0 aliphatic rings. The van der Waals surface area contributed by atoms with Gasteiger partial charge in [0.1, 0.15) is 5.82 Å². The van der Waals surface area contributed by atoms with Crippen molar-refractivity contribution in [2.24, 2.45) is 0 Å². The van der Waals surface area contributed by atoms with E-state index in [4.69, 9.17) is 4.74 Å². The second kappa shape index (κ2) is 9.13. The van der Waals surface area contributed by atoms with E-state index in [9.17, 15) is 14.0 Å². The van der Waals surface area contributed by atoms with Gasteiger partial charge in [0, 0.05) is 10.5 Å². The van der Waals surface area contributed by atoms with Crippen molar-refractivity contribution in [2.75, 3.05) is 6.61 Å². The second-order valence-electron chi connectivity index (χ2n) is 5.30. The van der Waals surface area contributed by atoms with Crippen molar-refractivity contribution in [3.8, 4) is 0 Å². The molecule has 0 aromatic heterocycles. The lowest BCUT2D eigenvalue weighted by Crippen LogP contribution is -2.31. The smallest absolute Gasteiger partial charge is 0.331 e. The Bertz CT molecular complexity index is 774. The molecule has 2 aromatic rings. The standard InChI is InChI=1S/C19H17BrFNO3/c1-13(16-4-2-3-5-17(16)20)22-18(23)12-25-19(24)11-8-14-6-9-15(21)10-7-14/h2-11,13H,12H2,1H3,(H,22,23)/b11-8+/t13-/m1/s1. The maximum Gasteiger partial charge on any atom is 0.331 e. The van der Waals surface area contributed by atoms with Crippen LogP contribution in [0, 0.1) is 5.82 Å². The monoisotopic (exact) mass is 405 g/mol. The van der Waals surface area contributed by atoms with Crippen LogP contribution in [0.25, 0.3) is 6.08 Å². The molecule has 2 rings (SSSR count). The lowest BCUT2D eigenvalue weighted by Gasteiger charge is -2.15. The summed E-state index contributed by atoms with van der Waals surface area (Å²) in [5.74, 6) is -1.39. The van der Waals surface area contributed by atoms with E-state index >= 15 is 0 Å². The van der Waals surface area contributed by atoms with Gasteiger partial charge in [-0.25, -0.2) is 9.18 Å². The summed E-state index contributed by atoms with van der Waals surface area (Å²) >= 11 is 3.43. The predicted molar refractivity (Wildman–Crippen MR) is 97.1 cm³/mol. The molecule has 1 amide bonds. The zero-order valence-corrected chi connectivity index (χ0v) is 15.1. The number of hydrogen-bond donors (Lipinski definition) is 1. The Morgan fingerprint density at radius 3 is 2.56 bits per heavy atom. The molecular weight excluding hydrogens is 389 g/mol. The third-order valence-electron chi connectivity index (χ3n) is 3.38. The first-order chi connectivity index (χ1) is 12.0. The van der Waals surface area contributed by atoms with Gasteiger partial charge in [-0.15, -0.1) is 0 Å². The molecule has 4 nitrogen and oxygen atoms in total. The highest BCUT2D eigenvalue weighted by Gasteiger charge is 2.13. The third-order valence-corrected chi connectivity index (χ3v) is 4.10. The maximum absolute atomic E-state index is 12.8. The highest BCUT2D eigenvalue weighted by atomic mass is 79.9. The fraction of sp³-hybridized carbons (Fsp3) is 0.158. The van der Waals surface area contributed by atoms with Crippen LogP contribution in [0.1, 0.15) is 24.1 Å². The molecule has 2 aromatic carbocycles. The molecule has 1 N–H and O–H groups in total. The van der Waals surface area contributed by atoms with Crippen LogP contribution in [0.5, 0.6) is 0 Å². The average molecular weight is 406 g/mol. The highest BCUT2D eigenvalue weighted by Crippen LogP contribution is 2.22. The van der Waals surface area contributed by atoms with E-state index < -0.39 is 11.9 Å². The van der Waals surface area contributed by atoms with Crippen LogP contribution >= 0.6 is 15.9 Å². The first-order valence-electron chi connectivity index (χ1n) is 7.60. The minimum Gasteiger partial charge on any atom is -0.452 e. The van der Waals surface area contributed by atoms with Gasteiger partial charge in [-0.1, -0.05) is 46.3 Å². The average Bonchev–Trinajstić information content (AvgIpc) is 2.59. The van der Waals surface area contributed by atoms with Crippen molar-refractivity contribution in [1.29, 1.82) is 0 Å². The first kappa shape index (κ1) is 18.9. The summed E-state index contributed by atoms with van der Waals surface area (Å²) in [5.41, 5.74) is 1.59. The number of hydrogen-bond acceptors (Lipinski definition) is 3. The van der Waals surface area contributed by atoms with E-state index in [1.54, 1.807) is 0 Å². The number of nitrogens with one attached hydrogen (secondary N) is 1. The summed E-state index contributed by atoms with van der Waals surface area (Å²) in [6, 6.07) is 13.0. The quantitative estimate of drug-likeness (QED) is 0.583. The zero-order valence-electron chi connectivity index (χ0n) is 13.5. The number of benzene rings is 2. The number of esters is 1. The van der Waals surface area contributed by atoms with Crippen LogP contribution in [-0.2, 0) is 14.3 Å². The fourth-order valence-corrected chi connectivity index (χ4v) is 2.74. The van der Waals surface area contributed by atoms with E-state index in [0.717, 1.165) is 10.0 Å². The summed E-state index contributed by atoms with van der Waals surface area (Å²) in [7, 11) is 0. The van der Waals surface area contributed by atoms with Crippen molar-refractivity contribution in [3.63, 3.8) is 0 Å². The highest BCUT2D eigenvalue weighted by molar-refractivity contribution is 9.10. The van der Waals surface area contributed by atoms with Crippen molar-refractivity contribution >= 4 is 33.9 Å². The Hall–Kier alpha value is -2.47. The lowest BCUT2D eigenvalue weighted by atomic mass is 10.1. The second-order valence-corrected chi connectivity index (χ2v) is 6.16. The molecule has 0 aliphatic heterocycles. The van der Waals surface area contributed by atoms with Gasteiger partial charge >= 0.3 is 5.97 Å². The van der Waals surface area contributed by atoms with Crippen LogP contribution in [-0.4, -0.2) is 18.5 Å². The summed E-state index contributed by atoms with van der Waals surface area (Å²) in [6.45, 7) is 1.47. The number of amides is 1. The summed E-state index contributed by atoms with van der Waals surface area (Å²) in [6.07, 6.45) is 2.68. The first-order valence-corrected chi connectivity index (χ1v) is 8.39. The van der Waals surface area contributed by atoms with Gasteiger partial charge in [-0.2, -0.15) is 0 Å². The van der Waals surface area contributed by atoms with E-state index in [2.05, 4.69) is 21.2 Å². The van der Waals surface area contributed by atoms with Gasteiger partial charge in [0.2, 0.25) is 0 Å². The van der Waals surface area contributed by atoms with Crippen molar-refractivity contribution < 1.29 is 18.7 Å². The molecule has 6 heteroatoms. The molecule has 0 aliphatic carbocycles. The topological polar surface area (TPSA) is 55.4 Å². The fourth-order valence-electron chi connectivity index (χ4n) is 2.11. The van der Waals surface area contributed by atoms with Crippen LogP contribution in [0.2, 0.25) is 0 Å². The van der Waals surface area contributed by atoms with Crippen molar-refractivity contribution in [3.05, 3.63) is 76.0 Å². The predicted octanol–water partition coefficient (Wildman–Crippen LogP) is 4.02. The van der Waals surface area contributed by atoms with Crippen LogP contribution < -0.4 is 5.32 Å². The summed E-state index contributed by atoms with van der Waals surface area (Å²) < 4.78 is 18.6. The zero-order chi connectivity index (χ0) is 18.2. The number of ether oxygens (including phenoxy) is 1. The van der Waals surface area contributed by atoms with Gasteiger partial charge in [0.15, 0.2) is 6.61 Å². The third kappa shape index (κ3) is 6.15. The SMILES string of the molecule is C[C@@H](NC(=O)COC(=O)/C=C/c1ccc(F)cc1)c1ccccc1Br. The lowest BCUT2D eigenvalue weighted by molar-refractivity contribution is -0.144. The molecular formula is C19H17BrFNO3. The Balaban J connectivity index is 1.80. The Morgan fingerprint density at radius 2 is 1.88 bits per heavy atom. The minimum atomic E-state index is -0.645. The number of rotatable bonds is 6. The molecule has 0 saturated heterocycles. The van der Waals surface area contributed by atoms with Crippen LogP contribution in [0.15, 0.2) is 59.1 Å².